The van der Waals surface area contributed by atoms with Gasteiger partial charge in [-0.25, -0.2) is 9.67 Å². The van der Waals surface area contributed by atoms with Crippen molar-refractivity contribution >= 4 is 0 Å². The number of rotatable bonds is 2. The van der Waals surface area contributed by atoms with Crippen molar-refractivity contribution in [2.24, 2.45) is 0 Å². The lowest BCUT2D eigenvalue weighted by Gasteiger charge is -2.25. The molecule has 2 aromatic rings. The van der Waals surface area contributed by atoms with Gasteiger partial charge in [-0.1, -0.05) is 18.2 Å². The van der Waals surface area contributed by atoms with Crippen LogP contribution >= 0.6 is 0 Å². The molecule has 1 aromatic carbocycles. The van der Waals surface area contributed by atoms with E-state index in [2.05, 4.69) is 21.5 Å². The van der Waals surface area contributed by atoms with Crippen molar-refractivity contribution in [1.29, 1.82) is 0 Å². The molecule has 0 bridgehead atoms. The lowest BCUT2D eigenvalue weighted by atomic mass is 10.1. The average molecular weight is 230 g/mol. The van der Waals surface area contributed by atoms with Crippen molar-refractivity contribution in [2.75, 3.05) is 19.7 Å². The Bertz CT molecular complexity index is 477. The van der Waals surface area contributed by atoms with E-state index < -0.39 is 0 Å². The molecule has 0 amide bonds. The monoisotopic (exact) mass is 230 g/mol. The van der Waals surface area contributed by atoms with Gasteiger partial charge in [-0.2, -0.15) is 5.10 Å². The van der Waals surface area contributed by atoms with Crippen LogP contribution in [0.3, 0.4) is 0 Å². The van der Waals surface area contributed by atoms with Crippen LogP contribution in [-0.4, -0.2) is 34.5 Å². The van der Waals surface area contributed by atoms with Crippen LogP contribution in [0.25, 0.3) is 5.69 Å². The van der Waals surface area contributed by atoms with Crippen molar-refractivity contribution in [1.82, 2.24) is 20.1 Å². The van der Waals surface area contributed by atoms with E-state index in [0.717, 1.165) is 30.9 Å². The first-order valence-corrected chi connectivity index (χ1v) is 5.71. The van der Waals surface area contributed by atoms with E-state index in [-0.39, 0.29) is 6.10 Å². The van der Waals surface area contributed by atoms with Crippen molar-refractivity contribution in [3.63, 3.8) is 0 Å². The van der Waals surface area contributed by atoms with Gasteiger partial charge in [0.2, 0.25) is 0 Å². The molecular weight excluding hydrogens is 216 g/mol. The predicted octanol–water partition coefficient (Wildman–Crippen LogP) is 0.928. The van der Waals surface area contributed by atoms with Crippen LogP contribution in [-0.2, 0) is 4.74 Å². The molecule has 1 fully saturated rings. The SMILES string of the molecule is c1ccc(-n2cncn2)c(C2CNCCO2)c1. The number of para-hydroxylation sites is 1. The highest BCUT2D eigenvalue weighted by atomic mass is 16.5. The van der Waals surface area contributed by atoms with Crippen molar-refractivity contribution in [3.05, 3.63) is 42.5 Å². The summed E-state index contributed by atoms with van der Waals surface area (Å²) in [6.07, 6.45) is 3.33. The number of hydrogen-bond acceptors (Lipinski definition) is 4. The molecule has 88 valence electrons. The van der Waals surface area contributed by atoms with E-state index >= 15 is 0 Å². The first kappa shape index (κ1) is 10.4. The van der Waals surface area contributed by atoms with Gasteiger partial charge in [0.05, 0.1) is 18.4 Å². The van der Waals surface area contributed by atoms with E-state index in [9.17, 15) is 0 Å². The number of nitrogens with one attached hydrogen (secondary N) is 1. The summed E-state index contributed by atoms with van der Waals surface area (Å²) in [7, 11) is 0. The molecule has 5 heteroatoms. The van der Waals surface area contributed by atoms with Crippen LogP contribution in [0.2, 0.25) is 0 Å². The molecule has 0 spiro atoms. The number of hydrogen-bond donors (Lipinski definition) is 1. The van der Waals surface area contributed by atoms with Gasteiger partial charge in [-0.05, 0) is 6.07 Å². The molecule has 0 aliphatic carbocycles. The summed E-state index contributed by atoms with van der Waals surface area (Å²) in [4.78, 5) is 3.98. The number of morpholine rings is 1. The molecule has 2 heterocycles. The second-order valence-electron chi connectivity index (χ2n) is 3.96. The van der Waals surface area contributed by atoms with E-state index in [0.29, 0.717) is 0 Å². The molecule has 0 saturated carbocycles. The topological polar surface area (TPSA) is 52.0 Å². The van der Waals surface area contributed by atoms with E-state index in [1.54, 1.807) is 11.0 Å². The van der Waals surface area contributed by atoms with E-state index in [4.69, 9.17) is 4.74 Å². The smallest absolute Gasteiger partial charge is 0.138 e. The number of benzene rings is 1. The summed E-state index contributed by atoms with van der Waals surface area (Å²) in [5, 5.41) is 7.51. The molecule has 5 nitrogen and oxygen atoms in total. The van der Waals surface area contributed by atoms with Crippen molar-refractivity contribution in [2.45, 2.75) is 6.10 Å². The van der Waals surface area contributed by atoms with E-state index in [1.807, 2.05) is 18.2 Å². The molecule has 1 atom stereocenters. The molecule has 1 aliphatic heterocycles. The zero-order valence-corrected chi connectivity index (χ0v) is 9.41. The van der Waals surface area contributed by atoms with Crippen LogP contribution in [0.1, 0.15) is 11.7 Å². The maximum absolute atomic E-state index is 5.78. The number of nitrogens with zero attached hydrogens (tertiary/aromatic N) is 3. The van der Waals surface area contributed by atoms with Crippen molar-refractivity contribution in [3.8, 4) is 5.69 Å². The highest BCUT2D eigenvalue weighted by Gasteiger charge is 2.19. The average Bonchev–Trinajstić information content (AvgIpc) is 2.94. The lowest BCUT2D eigenvalue weighted by molar-refractivity contribution is 0.0276. The summed E-state index contributed by atoms with van der Waals surface area (Å²) >= 11 is 0. The number of aromatic nitrogens is 3. The highest BCUT2D eigenvalue weighted by molar-refractivity contribution is 5.41. The minimum Gasteiger partial charge on any atom is -0.371 e. The Morgan fingerprint density at radius 2 is 2.29 bits per heavy atom. The fraction of sp³-hybridized carbons (Fsp3) is 0.333. The van der Waals surface area contributed by atoms with Gasteiger partial charge in [-0.15, -0.1) is 0 Å². The van der Waals surface area contributed by atoms with Gasteiger partial charge < -0.3 is 10.1 Å². The standard InChI is InChI=1S/C12H14N4O/c1-2-4-11(16-9-14-8-15-16)10(3-1)12-7-13-5-6-17-12/h1-4,8-9,12-13H,5-7H2. The third kappa shape index (κ3) is 2.07. The molecule has 1 unspecified atom stereocenters. The minimum atomic E-state index is 0.0872. The summed E-state index contributed by atoms with van der Waals surface area (Å²) in [6.45, 7) is 2.50. The minimum absolute atomic E-state index is 0.0872. The summed E-state index contributed by atoms with van der Waals surface area (Å²) in [6, 6.07) is 8.13. The zero-order valence-electron chi connectivity index (χ0n) is 9.41. The first-order valence-electron chi connectivity index (χ1n) is 5.71. The molecule has 3 rings (SSSR count). The van der Waals surface area contributed by atoms with Crippen LogP contribution in [0.4, 0.5) is 0 Å². The van der Waals surface area contributed by atoms with Crippen LogP contribution < -0.4 is 5.32 Å². The molecule has 17 heavy (non-hydrogen) atoms. The van der Waals surface area contributed by atoms with Gasteiger partial charge in [0, 0.05) is 18.7 Å². The molecule has 1 aromatic heterocycles. The van der Waals surface area contributed by atoms with Crippen LogP contribution in [0, 0.1) is 0 Å². The maximum atomic E-state index is 5.78. The Kier molecular flexibility index (Phi) is 2.85. The third-order valence-corrected chi connectivity index (χ3v) is 2.88. The Morgan fingerprint density at radius 3 is 3.06 bits per heavy atom. The van der Waals surface area contributed by atoms with Gasteiger partial charge in [0.1, 0.15) is 12.7 Å². The molecule has 1 aliphatic rings. The Morgan fingerprint density at radius 1 is 1.35 bits per heavy atom. The van der Waals surface area contributed by atoms with Gasteiger partial charge in [0.15, 0.2) is 0 Å². The Labute approximate surface area is 99.4 Å². The predicted molar refractivity (Wildman–Crippen MR) is 62.9 cm³/mol. The normalized spacial score (nSPS) is 20.4. The van der Waals surface area contributed by atoms with Gasteiger partial charge in [-0.3, -0.25) is 0 Å². The highest BCUT2D eigenvalue weighted by Crippen LogP contribution is 2.24. The zero-order chi connectivity index (χ0) is 11.5. The lowest BCUT2D eigenvalue weighted by Crippen LogP contribution is -2.33. The number of ether oxygens (including phenoxy) is 1. The maximum Gasteiger partial charge on any atom is 0.138 e. The van der Waals surface area contributed by atoms with Gasteiger partial charge in [0.25, 0.3) is 0 Å². The second kappa shape index (κ2) is 4.65. The van der Waals surface area contributed by atoms with Crippen LogP contribution in [0.15, 0.2) is 36.9 Å². The third-order valence-electron chi connectivity index (χ3n) is 2.88. The first-order chi connectivity index (χ1) is 8.45. The molecule has 1 saturated heterocycles. The fourth-order valence-electron chi connectivity index (χ4n) is 2.07. The fourth-order valence-corrected chi connectivity index (χ4v) is 2.07. The summed E-state index contributed by atoms with van der Waals surface area (Å²) < 4.78 is 7.55. The Hall–Kier alpha value is -1.72. The summed E-state index contributed by atoms with van der Waals surface area (Å²) in [5.41, 5.74) is 2.17. The van der Waals surface area contributed by atoms with E-state index in [1.165, 1.54) is 6.33 Å². The second-order valence-corrected chi connectivity index (χ2v) is 3.96. The largest absolute Gasteiger partial charge is 0.371 e. The molecular formula is C12H14N4O. The van der Waals surface area contributed by atoms with Crippen LogP contribution in [0.5, 0.6) is 0 Å². The van der Waals surface area contributed by atoms with Gasteiger partial charge >= 0.3 is 0 Å². The quantitative estimate of drug-likeness (QED) is 0.833. The van der Waals surface area contributed by atoms with Crippen molar-refractivity contribution < 1.29 is 4.74 Å². The summed E-state index contributed by atoms with van der Waals surface area (Å²) in [5.74, 6) is 0. The Balaban J connectivity index is 1.98. The molecule has 0 radical (unpaired) electrons. The molecule has 1 N–H and O–H groups in total.